The molecule has 0 aliphatic rings. The van der Waals surface area contributed by atoms with Gasteiger partial charge < -0.3 is 18.9 Å². The zero-order valence-corrected chi connectivity index (χ0v) is 11.8. The molecule has 0 aromatic rings. The molecule has 0 unspecified atom stereocenters. The Morgan fingerprint density at radius 1 is 1.07 bits per heavy atom. The van der Waals surface area contributed by atoms with E-state index in [1.54, 1.807) is 0 Å². The Kier molecular flexibility index (Phi) is 13.8. The summed E-state index contributed by atoms with van der Waals surface area (Å²) in [5, 5.41) is 0. The third-order valence-electron chi connectivity index (χ3n) is 1.75. The van der Waals surface area contributed by atoms with Crippen LogP contribution in [0.3, 0.4) is 0 Å². The van der Waals surface area contributed by atoms with Crippen molar-refractivity contribution in [2.24, 2.45) is 0 Å². The fourth-order valence-corrected chi connectivity index (χ4v) is 1.41. The number of phosphoric acid groups is 1. The first-order chi connectivity index (χ1) is 6.06. The van der Waals surface area contributed by atoms with Gasteiger partial charge in [-0.15, -0.1) is 0 Å². The van der Waals surface area contributed by atoms with Crippen LogP contribution in [0.25, 0.3) is 0 Å². The van der Waals surface area contributed by atoms with Crippen LogP contribution in [0.5, 0.6) is 0 Å². The molecule has 0 spiro atoms. The molecule has 0 aliphatic heterocycles. The van der Waals surface area contributed by atoms with Crippen molar-refractivity contribution in [3.8, 4) is 0 Å². The molecule has 0 aliphatic carbocycles. The summed E-state index contributed by atoms with van der Waals surface area (Å²) < 4.78 is 14.1. The first kappa shape index (κ1) is 17.8. The van der Waals surface area contributed by atoms with Gasteiger partial charge in [0.25, 0.3) is 0 Å². The van der Waals surface area contributed by atoms with Gasteiger partial charge in [0, 0.05) is 0 Å². The molecule has 0 radical (unpaired) electrons. The molecule has 0 heterocycles. The van der Waals surface area contributed by atoms with E-state index in [-0.39, 0.29) is 44.3 Å². The minimum Gasteiger partial charge on any atom is -0.790 e. The van der Waals surface area contributed by atoms with Gasteiger partial charge in [-0.25, -0.2) is 0 Å². The Morgan fingerprint density at radius 3 is 2.07 bits per heavy atom. The second-order valence-electron chi connectivity index (χ2n) is 3.05. The van der Waals surface area contributed by atoms with E-state index in [1.807, 2.05) is 0 Å². The van der Waals surface area contributed by atoms with Crippen molar-refractivity contribution < 1.29 is 18.9 Å². The summed E-state index contributed by atoms with van der Waals surface area (Å²) in [5.41, 5.74) is 0. The quantitative estimate of drug-likeness (QED) is 0.362. The number of rotatable bonds is 8. The number of hydrogen-bond donors (Lipinski definition) is 0. The summed E-state index contributed by atoms with van der Waals surface area (Å²) in [7, 11) is -4.73. The number of phosphoric ester groups is 1. The molecule has 0 fully saturated rings. The molecule has 80 valence electrons. The minimum atomic E-state index is -4.73. The van der Waals surface area contributed by atoms with E-state index in [9.17, 15) is 14.4 Å². The van der Waals surface area contributed by atoms with E-state index < -0.39 is 7.82 Å². The molecule has 0 aromatic heterocycles. The molecule has 0 atom stereocenters. The van der Waals surface area contributed by atoms with Gasteiger partial charge in [-0.05, 0) is 6.42 Å². The Hall–Kier alpha value is 1.37. The molecule has 4 nitrogen and oxygen atoms in total. The largest absolute Gasteiger partial charge is 2.00 e. The van der Waals surface area contributed by atoms with Crippen molar-refractivity contribution in [3.63, 3.8) is 0 Å². The van der Waals surface area contributed by atoms with Crippen molar-refractivity contribution in [1.29, 1.82) is 0 Å². The molecule has 6 heteroatoms. The summed E-state index contributed by atoms with van der Waals surface area (Å²) in [4.78, 5) is 20.0. The Bertz CT molecular complexity index is 159. The third kappa shape index (κ3) is 15.8. The van der Waals surface area contributed by atoms with Crippen LogP contribution in [0.15, 0.2) is 0 Å². The van der Waals surface area contributed by atoms with Crippen molar-refractivity contribution >= 4 is 45.6 Å². The Labute approximate surface area is 116 Å². The predicted octanol–water partition coefficient (Wildman–Crippen LogP) is 0.811. The van der Waals surface area contributed by atoms with Gasteiger partial charge in [0.1, 0.15) is 0 Å². The van der Waals surface area contributed by atoms with Gasteiger partial charge >= 0.3 is 37.7 Å². The minimum absolute atomic E-state index is 0. The molecular weight excluding hydrogens is 231 g/mol. The Balaban J connectivity index is 0. The Morgan fingerprint density at radius 2 is 1.57 bits per heavy atom. The molecule has 0 saturated heterocycles. The van der Waals surface area contributed by atoms with E-state index >= 15 is 0 Å². The van der Waals surface area contributed by atoms with Gasteiger partial charge in [0.05, 0.1) is 14.4 Å². The summed E-state index contributed by atoms with van der Waals surface area (Å²) in [5.74, 6) is 0. The molecule has 0 amide bonds. The second kappa shape index (κ2) is 10.9. The average Bonchev–Trinajstić information content (AvgIpc) is 2.01. The van der Waals surface area contributed by atoms with E-state index in [0.717, 1.165) is 12.8 Å². The van der Waals surface area contributed by atoms with Crippen LogP contribution in [0.1, 0.15) is 45.4 Å². The van der Waals surface area contributed by atoms with Crippen LogP contribution in [0.4, 0.5) is 0 Å². The zero-order valence-electron chi connectivity index (χ0n) is 8.74. The number of unbranched alkanes of at least 4 members (excludes halogenated alkanes) is 5. The normalized spacial score (nSPS) is 11.1. The fourth-order valence-electron chi connectivity index (χ4n) is 1.06. The topological polar surface area (TPSA) is 72.4 Å². The van der Waals surface area contributed by atoms with Crippen LogP contribution < -0.4 is 9.79 Å². The molecule has 0 saturated carbocycles. The van der Waals surface area contributed by atoms with Crippen molar-refractivity contribution in [3.05, 3.63) is 0 Å². The van der Waals surface area contributed by atoms with Crippen molar-refractivity contribution in [1.82, 2.24) is 0 Å². The first-order valence-electron chi connectivity index (χ1n) is 4.73. The van der Waals surface area contributed by atoms with Gasteiger partial charge in [0.2, 0.25) is 0 Å². The summed E-state index contributed by atoms with van der Waals surface area (Å²) in [6.45, 7) is 2.17. The smallest absolute Gasteiger partial charge is 0.790 e. The van der Waals surface area contributed by atoms with Crippen LogP contribution in [0, 0.1) is 0 Å². The average molecular weight is 248 g/mol. The second-order valence-corrected chi connectivity index (χ2v) is 4.20. The molecule has 0 bridgehead atoms. The van der Waals surface area contributed by atoms with E-state index in [2.05, 4.69) is 11.4 Å². The molecule has 0 rings (SSSR count). The molecule has 0 aromatic carbocycles. The summed E-state index contributed by atoms with van der Waals surface area (Å²) >= 11 is 0. The summed E-state index contributed by atoms with van der Waals surface area (Å²) in [6, 6.07) is 0. The van der Waals surface area contributed by atoms with E-state index in [4.69, 9.17) is 0 Å². The first-order valence-corrected chi connectivity index (χ1v) is 6.19. The van der Waals surface area contributed by atoms with Crippen LogP contribution in [0.2, 0.25) is 0 Å². The molecular formula is C8H17CaO4P. The SMILES string of the molecule is CCCCCCCCOP(=O)([O-])[O-].[Ca+2]. The predicted molar refractivity (Wildman–Crippen MR) is 52.7 cm³/mol. The van der Waals surface area contributed by atoms with Crippen LogP contribution >= 0.6 is 7.82 Å². The molecule has 0 N–H and O–H groups in total. The van der Waals surface area contributed by atoms with Gasteiger partial charge in [-0.2, -0.15) is 0 Å². The van der Waals surface area contributed by atoms with Crippen molar-refractivity contribution in [2.45, 2.75) is 45.4 Å². The van der Waals surface area contributed by atoms with Gasteiger partial charge in [-0.3, -0.25) is 0 Å². The van der Waals surface area contributed by atoms with Crippen LogP contribution in [-0.4, -0.2) is 44.3 Å². The fraction of sp³-hybridized carbons (Fsp3) is 1.00. The van der Waals surface area contributed by atoms with E-state index in [1.165, 1.54) is 19.3 Å². The van der Waals surface area contributed by atoms with Gasteiger partial charge in [-0.1, -0.05) is 39.0 Å². The zero-order chi connectivity index (χ0) is 10.2. The van der Waals surface area contributed by atoms with Gasteiger partial charge in [0.15, 0.2) is 0 Å². The maximum Gasteiger partial charge on any atom is 2.00 e. The van der Waals surface area contributed by atoms with E-state index in [0.29, 0.717) is 6.42 Å². The maximum atomic E-state index is 10.0. The monoisotopic (exact) mass is 248 g/mol. The maximum absolute atomic E-state index is 10.0. The third-order valence-corrected chi connectivity index (χ3v) is 2.25. The summed E-state index contributed by atoms with van der Waals surface area (Å²) in [6.07, 6.45) is 6.23. The van der Waals surface area contributed by atoms with Crippen molar-refractivity contribution in [2.75, 3.05) is 6.61 Å². The van der Waals surface area contributed by atoms with Crippen LogP contribution in [-0.2, 0) is 9.09 Å². The standard InChI is InChI=1S/C8H19O4P.Ca/c1-2-3-4-5-6-7-8-12-13(9,10)11;/h2-8H2,1H3,(H2,9,10,11);/q;+2/p-2. The number of hydrogen-bond acceptors (Lipinski definition) is 4. The molecule has 14 heavy (non-hydrogen) atoms.